The smallest absolute Gasteiger partial charge is 0.270 e. The number of likely N-dealkylation sites (tertiary alicyclic amines) is 1. The maximum Gasteiger partial charge on any atom is 0.270 e. The molecule has 2 aromatic carbocycles. The largest absolute Gasteiger partial charge is 0.356 e. The van der Waals surface area contributed by atoms with E-state index in [1.165, 1.54) is 0 Å². The topological polar surface area (TPSA) is 77.4 Å². The first-order valence-electron chi connectivity index (χ1n) is 16.8. The molecule has 0 atom stereocenters. The third-order valence-electron chi connectivity index (χ3n) is 9.37. The number of anilines is 3. The minimum atomic E-state index is -2.97. The van der Waals surface area contributed by atoms with Crippen molar-refractivity contribution in [1.82, 2.24) is 34.4 Å². The van der Waals surface area contributed by atoms with Gasteiger partial charge in [0, 0.05) is 80.7 Å². The molecule has 0 amide bonds. The number of nitrogens with zero attached hydrogens (tertiary/aromatic N) is 7. The molecule has 256 valence electrons. The highest BCUT2D eigenvalue weighted by molar-refractivity contribution is 5.76. The summed E-state index contributed by atoms with van der Waals surface area (Å²) < 4.78 is 31.6. The fraction of sp³-hybridized carbons (Fsp3) is 0.395. The Hall–Kier alpha value is -4.63. The number of benzene rings is 2. The number of hydrogen-bond donors (Lipinski definition) is 2. The van der Waals surface area contributed by atoms with Crippen LogP contribution < -0.4 is 10.6 Å². The zero-order valence-electron chi connectivity index (χ0n) is 28.8. The molecule has 0 unspecified atom stereocenters. The van der Waals surface area contributed by atoms with Gasteiger partial charge in [0.15, 0.2) is 0 Å². The maximum absolute atomic E-state index is 14.8. The van der Waals surface area contributed by atoms with Gasteiger partial charge < -0.3 is 20.4 Å². The van der Waals surface area contributed by atoms with Crippen molar-refractivity contribution in [3.63, 3.8) is 0 Å². The second-order valence-corrected chi connectivity index (χ2v) is 13.4. The first kappa shape index (κ1) is 34.2. The van der Waals surface area contributed by atoms with Gasteiger partial charge in [-0.1, -0.05) is 36.6 Å². The third kappa shape index (κ3) is 8.89. The fourth-order valence-electron chi connectivity index (χ4n) is 6.23. The summed E-state index contributed by atoms with van der Waals surface area (Å²) in [5.41, 5.74) is 6.02. The molecule has 0 aliphatic carbocycles. The van der Waals surface area contributed by atoms with E-state index in [9.17, 15) is 8.78 Å². The van der Waals surface area contributed by atoms with Gasteiger partial charge >= 0.3 is 0 Å². The number of alkyl halides is 2. The molecule has 2 fully saturated rings. The molecule has 9 nitrogen and oxygen atoms in total. The van der Waals surface area contributed by atoms with Crippen LogP contribution in [0.3, 0.4) is 0 Å². The van der Waals surface area contributed by atoms with Crippen molar-refractivity contribution in [2.24, 2.45) is 0 Å². The first-order chi connectivity index (χ1) is 23.5. The Labute approximate surface area is 288 Å². The van der Waals surface area contributed by atoms with Crippen molar-refractivity contribution in [1.29, 1.82) is 0 Å². The van der Waals surface area contributed by atoms with E-state index in [0.29, 0.717) is 41.0 Å². The van der Waals surface area contributed by atoms with Gasteiger partial charge in [-0.3, -0.25) is 9.58 Å². The van der Waals surface area contributed by atoms with Crippen LogP contribution in [0.25, 0.3) is 5.70 Å². The molecule has 4 aromatic rings. The van der Waals surface area contributed by atoms with Gasteiger partial charge in [-0.05, 0) is 81.8 Å². The molecule has 11 heteroatoms. The van der Waals surface area contributed by atoms with Crippen molar-refractivity contribution in [2.45, 2.75) is 45.2 Å². The summed E-state index contributed by atoms with van der Waals surface area (Å²) >= 11 is 0. The minimum absolute atomic E-state index is 0.0332. The molecule has 0 spiro atoms. The molecular formula is C38H45F2N9. The number of halogens is 2. The Balaban J connectivity index is 1.09. The lowest BCUT2D eigenvalue weighted by Gasteiger charge is -2.33. The number of rotatable bonds is 9. The SMILES string of the molecule is C=C(Nc1ccc(CN2CCN(C)CC2)c(C(C)(F)F)c1)c1ccc(C)c(C#Cc2cnc(Nc3cnn(C4CCN(C)CC4)c3)nc2)c1. The average Bonchev–Trinajstić information content (AvgIpc) is 3.55. The summed E-state index contributed by atoms with van der Waals surface area (Å²) in [7, 11) is 4.23. The summed E-state index contributed by atoms with van der Waals surface area (Å²) in [5, 5.41) is 11.0. The van der Waals surface area contributed by atoms with E-state index in [1.54, 1.807) is 30.7 Å². The number of hydrogen-bond acceptors (Lipinski definition) is 8. The predicted molar refractivity (Wildman–Crippen MR) is 192 cm³/mol. The third-order valence-corrected chi connectivity index (χ3v) is 9.37. The number of aromatic nitrogens is 4. The van der Waals surface area contributed by atoms with Crippen LogP contribution in [-0.4, -0.2) is 87.8 Å². The Morgan fingerprint density at radius 1 is 0.918 bits per heavy atom. The van der Waals surface area contributed by atoms with E-state index in [2.05, 4.69) is 72.9 Å². The molecule has 6 rings (SSSR count). The standard InChI is InChI=1S/C38H45F2N9/c1-27-6-8-31(28(2)44-33-11-10-32(36(21-33)38(3,39)40)25-48-18-16-47(5)17-19-48)20-30(27)9-7-29-22-41-37(42-23-29)45-34-24-43-49(26-34)35-12-14-46(4)15-13-35/h6,8,10-11,20-24,26,35,44H,2,12-19,25H2,1,3-5H3,(H,41,42,45). The highest BCUT2D eigenvalue weighted by atomic mass is 19.3. The summed E-state index contributed by atoms with van der Waals surface area (Å²) in [4.78, 5) is 15.7. The van der Waals surface area contributed by atoms with Crippen LogP contribution in [0.1, 0.15) is 59.2 Å². The van der Waals surface area contributed by atoms with Crippen molar-refractivity contribution in [3.8, 4) is 11.8 Å². The average molecular weight is 666 g/mol. The van der Waals surface area contributed by atoms with E-state index in [4.69, 9.17) is 0 Å². The summed E-state index contributed by atoms with van der Waals surface area (Å²) in [6.07, 6.45) is 9.36. The Morgan fingerprint density at radius 3 is 2.35 bits per heavy atom. The quantitative estimate of drug-likeness (QED) is 0.201. The van der Waals surface area contributed by atoms with Crippen molar-refractivity contribution < 1.29 is 8.78 Å². The second-order valence-electron chi connectivity index (χ2n) is 13.4. The molecule has 0 saturated carbocycles. The van der Waals surface area contributed by atoms with Crippen molar-refractivity contribution in [2.75, 3.05) is 64.0 Å². The summed E-state index contributed by atoms with van der Waals surface area (Å²) in [6, 6.07) is 11.5. The molecule has 2 aliphatic rings. The van der Waals surface area contributed by atoms with E-state index in [-0.39, 0.29) is 5.56 Å². The van der Waals surface area contributed by atoms with Crippen molar-refractivity contribution in [3.05, 3.63) is 101 Å². The monoisotopic (exact) mass is 665 g/mol. The maximum atomic E-state index is 14.8. The number of likely N-dealkylation sites (N-methyl/N-ethyl adjacent to an activating group) is 1. The zero-order valence-corrected chi connectivity index (χ0v) is 28.8. The van der Waals surface area contributed by atoms with Crippen molar-refractivity contribution >= 4 is 23.0 Å². The van der Waals surface area contributed by atoms with Crippen LogP contribution in [0.15, 0.2) is 67.8 Å². The van der Waals surface area contributed by atoms with E-state index in [1.807, 2.05) is 42.1 Å². The van der Waals surface area contributed by atoms with Gasteiger partial charge in [0.05, 0.1) is 23.5 Å². The predicted octanol–water partition coefficient (Wildman–Crippen LogP) is 6.33. The molecule has 2 saturated heterocycles. The fourth-order valence-corrected chi connectivity index (χ4v) is 6.23. The van der Waals surface area contributed by atoms with E-state index < -0.39 is 5.92 Å². The Bertz CT molecular complexity index is 1820. The van der Waals surface area contributed by atoms with Gasteiger partial charge in [0.2, 0.25) is 5.95 Å². The zero-order chi connectivity index (χ0) is 34.5. The van der Waals surface area contributed by atoms with Gasteiger partial charge in [-0.2, -0.15) is 5.10 Å². The number of nitrogens with one attached hydrogen (secondary N) is 2. The molecule has 4 heterocycles. The number of aryl methyl sites for hydroxylation is 1. The van der Waals surface area contributed by atoms with Crippen LogP contribution in [0.2, 0.25) is 0 Å². The molecule has 2 N–H and O–H groups in total. The lowest BCUT2D eigenvalue weighted by molar-refractivity contribution is 0.0156. The van der Waals surface area contributed by atoms with Crippen LogP contribution >= 0.6 is 0 Å². The molecule has 0 radical (unpaired) electrons. The van der Waals surface area contributed by atoms with Gasteiger partial charge in [0.1, 0.15) is 0 Å². The Morgan fingerprint density at radius 2 is 1.63 bits per heavy atom. The van der Waals surface area contributed by atoms with Crippen LogP contribution in [-0.2, 0) is 12.5 Å². The van der Waals surface area contributed by atoms with Crippen LogP contribution in [0.4, 0.5) is 26.1 Å². The van der Waals surface area contributed by atoms with Crippen LogP contribution in [0.5, 0.6) is 0 Å². The highest BCUT2D eigenvalue weighted by Crippen LogP contribution is 2.34. The number of piperidine rings is 1. The minimum Gasteiger partial charge on any atom is -0.356 e. The van der Waals surface area contributed by atoms with Gasteiger partial charge in [0.25, 0.3) is 5.92 Å². The Kier molecular flexibility index (Phi) is 10.4. The van der Waals surface area contributed by atoms with Gasteiger partial charge in [-0.25, -0.2) is 18.7 Å². The second kappa shape index (κ2) is 14.9. The van der Waals surface area contributed by atoms with Gasteiger partial charge in [-0.15, -0.1) is 0 Å². The molecule has 2 aromatic heterocycles. The summed E-state index contributed by atoms with van der Waals surface area (Å²) in [6.45, 7) is 13.4. The lowest BCUT2D eigenvalue weighted by atomic mass is 10.00. The number of piperazine rings is 1. The van der Waals surface area contributed by atoms with E-state index >= 15 is 0 Å². The van der Waals surface area contributed by atoms with Crippen LogP contribution in [0, 0.1) is 18.8 Å². The highest BCUT2D eigenvalue weighted by Gasteiger charge is 2.29. The first-order valence-corrected chi connectivity index (χ1v) is 16.8. The molecule has 49 heavy (non-hydrogen) atoms. The molecular weight excluding hydrogens is 620 g/mol. The normalized spacial score (nSPS) is 16.6. The lowest BCUT2D eigenvalue weighted by Crippen LogP contribution is -2.44. The molecule has 0 bridgehead atoms. The molecule has 2 aliphatic heterocycles. The summed E-state index contributed by atoms with van der Waals surface area (Å²) in [5.74, 6) is 3.90. The van der Waals surface area contributed by atoms with E-state index in [0.717, 1.165) is 81.4 Å².